The summed E-state index contributed by atoms with van der Waals surface area (Å²) in [6.45, 7) is 9.14. The minimum Gasteiger partial charge on any atom is -0.466 e. The zero-order chi connectivity index (χ0) is 17.0. The van der Waals surface area contributed by atoms with Crippen molar-refractivity contribution < 1.29 is 9.53 Å². The number of ether oxygens (including phenoxy) is 1. The molecule has 0 amide bonds. The third-order valence-electron chi connectivity index (χ3n) is 6.29. The van der Waals surface area contributed by atoms with Crippen LogP contribution in [0.5, 0.6) is 0 Å². The number of nitrogens with zero attached hydrogens (tertiary/aromatic N) is 1. The fraction of sp³-hybridized carbons (Fsp3) is 0.700. The monoisotopic (exact) mass is 315 g/mol. The van der Waals surface area contributed by atoms with Gasteiger partial charge in [0.2, 0.25) is 0 Å². The van der Waals surface area contributed by atoms with Crippen molar-refractivity contribution >= 4 is 5.97 Å². The van der Waals surface area contributed by atoms with Crippen LogP contribution >= 0.6 is 0 Å². The van der Waals surface area contributed by atoms with Gasteiger partial charge in [-0.2, -0.15) is 5.26 Å². The van der Waals surface area contributed by atoms with Gasteiger partial charge in [-0.3, -0.25) is 0 Å². The second kappa shape index (κ2) is 7.34. The van der Waals surface area contributed by atoms with Crippen molar-refractivity contribution in [1.29, 1.82) is 5.26 Å². The van der Waals surface area contributed by atoms with Crippen LogP contribution in [0.15, 0.2) is 23.8 Å². The van der Waals surface area contributed by atoms with E-state index in [1.807, 2.05) is 6.08 Å². The number of esters is 1. The molecule has 0 aromatic rings. The summed E-state index contributed by atoms with van der Waals surface area (Å²) < 4.78 is 4.80. The summed E-state index contributed by atoms with van der Waals surface area (Å²) >= 11 is 0. The summed E-state index contributed by atoms with van der Waals surface area (Å²) in [6, 6.07) is 2.06. The minimum absolute atomic E-state index is 0.114. The van der Waals surface area contributed by atoms with Crippen molar-refractivity contribution in [3.8, 4) is 6.07 Å². The Morgan fingerprint density at radius 2 is 2.26 bits per heavy atom. The number of allylic oxidation sites excluding steroid dienone is 2. The van der Waals surface area contributed by atoms with Gasteiger partial charge in [0.25, 0.3) is 0 Å². The molecule has 0 spiro atoms. The molecule has 3 heteroatoms. The maximum absolute atomic E-state index is 11.8. The van der Waals surface area contributed by atoms with Crippen molar-refractivity contribution in [2.24, 2.45) is 23.2 Å². The van der Waals surface area contributed by atoms with Crippen molar-refractivity contribution in [2.75, 3.05) is 7.11 Å². The van der Waals surface area contributed by atoms with E-state index < -0.39 is 0 Å². The number of carbonyl (C=O) groups excluding carboxylic acids is 1. The molecular weight excluding hydrogens is 286 g/mol. The van der Waals surface area contributed by atoms with Crippen molar-refractivity contribution in [3.05, 3.63) is 23.8 Å². The molecule has 0 bridgehead atoms. The molecule has 2 saturated carbocycles. The van der Waals surface area contributed by atoms with E-state index in [4.69, 9.17) is 10.00 Å². The highest BCUT2D eigenvalue weighted by Gasteiger charge is 2.48. The predicted octanol–water partition coefficient (Wildman–Crippen LogP) is 4.80. The Bertz CT molecular complexity index is 542. The quantitative estimate of drug-likeness (QED) is 0.425. The molecule has 2 rings (SSSR count). The molecule has 126 valence electrons. The zero-order valence-electron chi connectivity index (χ0n) is 14.7. The van der Waals surface area contributed by atoms with Crippen LogP contribution in [0.4, 0.5) is 0 Å². The van der Waals surface area contributed by atoms with E-state index >= 15 is 0 Å². The van der Waals surface area contributed by atoms with E-state index in [0.29, 0.717) is 11.5 Å². The molecule has 4 atom stereocenters. The highest BCUT2D eigenvalue weighted by Crippen LogP contribution is 2.57. The van der Waals surface area contributed by atoms with Crippen LogP contribution < -0.4 is 0 Å². The van der Waals surface area contributed by atoms with E-state index in [1.165, 1.54) is 38.4 Å². The average molecular weight is 315 g/mol. The number of fused-ring (bicyclic) bond motifs is 1. The fourth-order valence-corrected chi connectivity index (χ4v) is 5.01. The fourth-order valence-electron chi connectivity index (χ4n) is 5.01. The number of hydrogen-bond donors (Lipinski definition) is 0. The molecule has 0 aromatic carbocycles. The Kier molecular flexibility index (Phi) is 5.68. The largest absolute Gasteiger partial charge is 0.466 e. The molecule has 3 nitrogen and oxygen atoms in total. The molecule has 0 saturated heterocycles. The van der Waals surface area contributed by atoms with E-state index in [1.54, 1.807) is 0 Å². The minimum atomic E-state index is -0.383. The lowest BCUT2D eigenvalue weighted by atomic mass is 9.51. The first-order valence-electron chi connectivity index (χ1n) is 8.76. The molecule has 2 fully saturated rings. The standard InChI is InChI=1S/C20H29NO2/c1-14-6-5-12-20(3)17(14)9-7-15(2)18(20)10-8-16(11-13-21)19(22)23-4/h8,14,17-18H,2,5-7,9-12H2,1,3-4H3/b16-8+/t14?,17?,18-,20?/m0/s1. The molecule has 0 heterocycles. The summed E-state index contributed by atoms with van der Waals surface area (Å²) in [6.07, 6.45) is 9.03. The number of nitriles is 1. The highest BCUT2D eigenvalue weighted by molar-refractivity contribution is 5.88. The lowest BCUT2D eigenvalue weighted by molar-refractivity contribution is -0.136. The topological polar surface area (TPSA) is 50.1 Å². The number of carbonyl (C=O) groups is 1. The van der Waals surface area contributed by atoms with Crippen LogP contribution in [-0.4, -0.2) is 13.1 Å². The van der Waals surface area contributed by atoms with Gasteiger partial charge in [0, 0.05) is 5.57 Å². The Labute approximate surface area is 140 Å². The molecule has 0 radical (unpaired) electrons. The number of methoxy groups -OCH3 is 1. The van der Waals surface area contributed by atoms with Gasteiger partial charge in [0.15, 0.2) is 0 Å². The third-order valence-corrected chi connectivity index (χ3v) is 6.29. The van der Waals surface area contributed by atoms with Crippen LogP contribution in [0.3, 0.4) is 0 Å². The summed E-state index contributed by atoms with van der Waals surface area (Å²) in [5.74, 6) is 1.54. The SMILES string of the molecule is C=C1CCC2C(C)CCCC2(C)[C@H]1C/C=C(\CC#N)C(=O)OC. The van der Waals surface area contributed by atoms with E-state index in [-0.39, 0.29) is 17.8 Å². The predicted molar refractivity (Wildman–Crippen MR) is 91.4 cm³/mol. The van der Waals surface area contributed by atoms with Gasteiger partial charge >= 0.3 is 5.97 Å². The van der Waals surface area contributed by atoms with Gasteiger partial charge in [-0.25, -0.2) is 4.79 Å². The summed E-state index contributed by atoms with van der Waals surface area (Å²) in [4.78, 5) is 11.8. The van der Waals surface area contributed by atoms with E-state index in [0.717, 1.165) is 24.7 Å². The van der Waals surface area contributed by atoms with Crippen LogP contribution in [-0.2, 0) is 9.53 Å². The van der Waals surface area contributed by atoms with Crippen LogP contribution in [0.1, 0.15) is 58.8 Å². The molecule has 2 aliphatic carbocycles. The molecule has 3 unspecified atom stereocenters. The summed E-state index contributed by atoms with van der Waals surface area (Å²) in [7, 11) is 1.37. The first-order valence-corrected chi connectivity index (χ1v) is 8.76. The van der Waals surface area contributed by atoms with Gasteiger partial charge in [0.05, 0.1) is 19.6 Å². The lowest BCUT2D eigenvalue weighted by Crippen LogP contribution is -2.45. The van der Waals surface area contributed by atoms with Gasteiger partial charge < -0.3 is 4.74 Å². The molecule has 0 aliphatic heterocycles. The second-order valence-corrected chi connectivity index (χ2v) is 7.52. The van der Waals surface area contributed by atoms with Crippen LogP contribution in [0.2, 0.25) is 0 Å². The Hall–Kier alpha value is -1.56. The zero-order valence-corrected chi connectivity index (χ0v) is 14.7. The van der Waals surface area contributed by atoms with Gasteiger partial charge in [-0.15, -0.1) is 0 Å². The second-order valence-electron chi connectivity index (χ2n) is 7.52. The lowest BCUT2D eigenvalue weighted by Gasteiger charge is -2.54. The van der Waals surface area contributed by atoms with Gasteiger partial charge in [-0.05, 0) is 48.9 Å². The van der Waals surface area contributed by atoms with E-state index in [2.05, 4.69) is 26.5 Å². The average Bonchev–Trinajstić information content (AvgIpc) is 2.52. The Balaban J connectivity index is 2.23. The normalized spacial score (nSPS) is 34.4. The summed E-state index contributed by atoms with van der Waals surface area (Å²) in [5.41, 5.74) is 2.07. The number of hydrogen-bond acceptors (Lipinski definition) is 3. The van der Waals surface area contributed by atoms with Gasteiger partial charge in [0.1, 0.15) is 0 Å². The first kappa shape index (κ1) is 17.8. The molecular formula is C20H29NO2. The molecule has 23 heavy (non-hydrogen) atoms. The molecule has 0 aromatic heterocycles. The first-order chi connectivity index (χ1) is 10.9. The number of rotatable bonds is 4. The van der Waals surface area contributed by atoms with Crippen molar-refractivity contribution in [3.63, 3.8) is 0 Å². The Morgan fingerprint density at radius 1 is 1.52 bits per heavy atom. The molecule has 2 aliphatic rings. The van der Waals surface area contributed by atoms with Crippen LogP contribution in [0.25, 0.3) is 0 Å². The maximum atomic E-state index is 11.8. The third kappa shape index (κ3) is 3.52. The van der Waals surface area contributed by atoms with E-state index in [9.17, 15) is 4.79 Å². The summed E-state index contributed by atoms with van der Waals surface area (Å²) in [5, 5.41) is 8.93. The van der Waals surface area contributed by atoms with Crippen molar-refractivity contribution in [2.45, 2.75) is 58.8 Å². The van der Waals surface area contributed by atoms with Gasteiger partial charge in [-0.1, -0.05) is 44.9 Å². The molecule has 0 N–H and O–H groups in total. The highest BCUT2D eigenvalue weighted by atomic mass is 16.5. The maximum Gasteiger partial charge on any atom is 0.334 e. The smallest absolute Gasteiger partial charge is 0.334 e. The van der Waals surface area contributed by atoms with Crippen molar-refractivity contribution in [1.82, 2.24) is 0 Å². The Morgan fingerprint density at radius 3 is 2.91 bits per heavy atom. The van der Waals surface area contributed by atoms with Crippen LogP contribution in [0, 0.1) is 34.5 Å².